The summed E-state index contributed by atoms with van der Waals surface area (Å²) < 4.78 is 34.8. The number of hydrogen-bond acceptors (Lipinski definition) is 6. The fourth-order valence-corrected chi connectivity index (χ4v) is 8.75. The Morgan fingerprint density at radius 1 is 1.23 bits per heavy atom. The van der Waals surface area contributed by atoms with Crippen molar-refractivity contribution in [1.29, 1.82) is 0 Å². The number of carbonyl (C=O) groups is 1. The summed E-state index contributed by atoms with van der Waals surface area (Å²) >= 11 is 6.39. The third kappa shape index (κ3) is 6.52. The molecule has 0 unspecified atom stereocenters. The zero-order valence-electron chi connectivity index (χ0n) is 24.9. The summed E-state index contributed by atoms with van der Waals surface area (Å²) in [6.45, 7) is 11.1. The number of anilines is 1. The molecule has 0 saturated heterocycles. The Morgan fingerprint density at radius 3 is 2.72 bits per heavy atom. The number of halogens is 1. The van der Waals surface area contributed by atoms with Gasteiger partial charge in [0.05, 0.1) is 23.6 Å². The standard InChI is InChI=1S/C34H43ClN2O5S.H2/c1-4-8-27(6-3)43(40,41)36-33(39)24-12-16-32-30(19-24)37(20-25-11-14-28(25)31(38)9-5-2)21-34(22-42-32)17-7-10-23-18-26(35)13-15-29(23)34;/h4-5,12-13,15-16,18-19,25,27-28,31,38H,1-2,6-11,14,17,20-22H2,3H3,(H,36,39);1H/t25-,27+,28+,31-,34-;/m0./s1. The molecule has 9 heteroatoms. The second kappa shape index (κ2) is 13.0. The van der Waals surface area contributed by atoms with Crippen LogP contribution in [-0.2, 0) is 21.9 Å². The Labute approximate surface area is 262 Å². The van der Waals surface area contributed by atoms with E-state index in [0.29, 0.717) is 38.3 Å². The highest BCUT2D eigenvalue weighted by Crippen LogP contribution is 2.46. The summed E-state index contributed by atoms with van der Waals surface area (Å²) in [6, 6.07) is 11.3. The molecule has 3 aliphatic rings. The molecule has 1 amide bonds. The number of benzene rings is 2. The number of nitrogens with one attached hydrogen (secondary N) is 1. The molecule has 5 rings (SSSR count). The van der Waals surface area contributed by atoms with Crippen molar-refractivity contribution in [3.05, 3.63) is 83.4 Å². The lowest BCUT2D eigenvalue weighted by molar-refractivity contribution is 0.0178. The van der Waals surface area contributed by atoms with Crippen LogP contribution in [0.15, 0.2) is 61.7 Å². The van der Waals surface area contributed by atoms with Gasteiger partial charge in [-0.2, -0.15) is 0 Å². The summed E-state index contributed by atoms with van der Waals surface area (Å²) in [4.78, 5) is 15.6. The molecule has 1 heterocycles. The number of sulfonamides is 1. The molecule has 2 aromatic carbocycles. The molecule has 2 aliphatic carbocycles. The van der Waals surface area contributed by atoms with Crippen LogP contribution in [0.3, 0.4) is 0 Å². The zero-order valence-corrected chi connectivity index (χ0v) is 26.5. The van der Waals surface area contributed by atoms with Gasteiger partial charge in [0.15, 0.2) is 0 Å². The summed E-state index contributed by atoms with van der Waals surface area (Å²) in [5, 5.41) is 10.8. The SMILES string of the molecule is C=CC[C@@H](CC)S(=O)(=O)NC(=O)c1ccc2c(c1)N(C[C@@H]1CC[C@H]1[C@@H](O)CC=C)C[C@@]1(CCCc3cc(Cl)ccc31)CO2.[HH]. The third-order valence-electron chi connectivity index (χ3n) is 9.69. The van der Waals surface area contributed by atoms with Crippen LogP contribution in [0.2, 0.25) is 5.02 Å². The average Bonchev–Trinajstić information content (AvgIpc) is 3.10. The highest BCUT2D eigenvalue weighted by molar-refractivity contribution is 7.90. The Bertz CT molecular complexity index is 1480. The number of nitrogens with zero attached hydrogens (tertiary/aromatic N) is 1. The van der Waals surface area contributed by atoms with Crippen molar-refractivity contribution in [2.24, 2.45) is 11.8 Å². The number of ether oxygens (including phenoxy) is 1. The number of allylic oxidation sites excluding steroid dienone is 1. The van der Waals surface area contributed by atoms with E-state index in [2.05, 4.69) is 34.9 Å². The van der Waals surface area contributed by atoms with Crippen LogP contribution in [0.5, 0.6) is 5.75 Å². The van der Waals surface area contributed by atoms with E-state index in [0.717, 1.165) is 42.8 Å². The molecule has 1 spiro atoms. The first-order valence-corrected chi connectivity index (χ1v) is 17.3. The molecule has 7 nitrogen and oxygen atoms in total. The van der Waals surface area contributed by atoms with Gasteiger partial charge in [0.25, 0.3) is 5.91 Å². The van der Waals surface area contributed by atoms with Crippen molar-refractivity contribution in [3.63, 3.8) is 0 Å². The van der Waals surface area contributed by atoms with Gasteiger partial charge in [0.2, 0.25) is 10.0 Å². The maximum Gasteiger partial charge on any atom is 0.264 e. The van der Waals surface area contributed by atoms with E-state index in [1.165, 1.54) is 11.1 Å². The topological polar surface area (TPSA) is 95.9 Å². The highest BCUT2D eigenvalue weighted by Gasteiger charge is 2.44. The molecule has 1 saturated carbocycles. The van der Waals surface area contributed by atoms with Gasteiger partial charge in [0.1, 0.15) is 5.75 Å². The Balaban J connectivity index is 0.00000442. The molecule has 0 radical (unpaired) electrons. The molecule has 0 bridgehead atoms. The molecular formula is C34H45ClN2O5S. The average molecular weight is 629 g/mol. The minimum Gasteiger partial charge on any atom is -0.490 e. The molecule has 234 valence electrons. The van der Waals surface area contributed by atoms with E-state index < -0.39 is 27.3 Å². The number of aliphatic hydroxyl groups is 1. The van der Waals surface area contributed by atoms with Gasteiger partial charge in [-0.15, -0.1) is 13.2 Å². The molecule has 1 aliphatic heterocycles. The van der Waals surface area contributed by atoms with E-state index in [4.69, 9.17) is 16.3 Å². The van der Waals surface area contributed by atoms with Gasteiger partial charge in [-0.25, -0.2) is 13.1 Å². The van der Waals surface area contributed by atoms with Gasteiger partial charge in [-0.05, 0) is 105 Å². The van der Waals surface area contributed by atoms with Crippen LogP contribution in [0.1, 0.15) is 74.8 Å². The minimum atomic E-state index is -3.88. The number of carbonyl (C=O) groups excluding carboxylic acids is 1. The van der Waals surface area contributed by atoms with Crippen LogP contribution < -0.4 is 14.4 Å². The Kier molecular flexibility index (Phi) is 9.59. The van der Waals surface area contributed by atoms with E-state index in [9.17, 15) is 18.3 Å². The minimum absolute atomic E-state index is 0. The lowest BCUT2D eigenvalue weighted by Gasteiger charge is -2.45. The maximum absolute atomic E-state index is 13.3. The molecule has 5 atom stereocenters. The van der Waals surface area contributed by atoms with E-state index in [1.807, 2.05) is 6.07 Å². The quantitative estimate of drug-likeness (QED) is 0.278. The van der Waals surface area contributed by atoms with Crippen molar-refractivity contribution in [2.45, 2.75) is 75.1 Å². The molecule has 2 aromatic rings. The summed E-state index contributed by atoms with van der Waals surface area (Å²) in [7, 11) is -3.88. The second-order valence-electron chi connectivity index (χ2n) is 12.4. The van der Waals surface area contributed by atoms with Crippen LogP contribution in [0.4, 0.5) is 5.69 Å². The molecule has 2 N–H and O–H groups in total. The second-order valence-corrected chi connectivity index (χ2v) is 14.8. The van der Waals surface area contributed by atoms with Gasteiger partial charge >= 0.3 is 0 Å². The van der Waals surface area contributed by atoms with Crippen LogP contribution in [0, 0.1) is 11.8 Å². The normalized spacial score (nSPS) is 24.4. The highest BCUT2D eigenvalue weighted by atomic mass is 35.5. The predicted octanol–water partition coefficient (Wildman–Crippen LogP) is 6.44. The van der Waals surface area contributed by atoms with Crippen LogP contribution >= 0.6 is 11.6 Å². The summed E-state index contributed by atoms with van der Waals surface area (Å²) in [6.07, 6.45) is 8.98. The summed E-state index contributed by atoms with van der Waals surface area (Å²) in [5.41, 5.74) is 3.24. The number of hydrogen-bond donors (Lipinski definition) is 2. The molecule has 43 heavy (non-hydrogen) atoms. The van der Waals surface area contributed by atoms with Crippen molar-refractivity contribution in [2.75, 3.05) is 24.6 Å². The smallest absolute Gasteiger partial charge is 0.264 e. The van der Waals surface area contributed by atoms with Crippen molar-refractivity contribution >= 4 is 33.2 Å². The first-order chi connectivity index (χ1) is 20.6. The van der Waals surface area contributed by atoms with E-state index >= 15 is 0 Å². The zero-order chi connectivity index (χ0) is 30.8. The molecule has 1 fully saturated rings. The predicted molar refractivity (Wildman–Crippen MR) is 175 cm³/mol. The number of aryl methyl sites for hydroxylation is 1. The number of amides is 1. The third-order valence-corrected chi connectivity index (χ3v) is 11.8. The van der Waals surface area contributed by atoms with Crippen molar-refractivity contribution < 1.29 is 24.5 Å². The van der Waals surface area contributed by atoms with E-state index in [1.54, 1.807) is 37.3 Å². The molecular weight excluding hydrogens is 584 g/mol. The monoisotopic (exact) mass is 628 g/mol. The van der Waals surface area contributed by atoms with Crippen LogP contribution in [-0.4, -0.2) is 50.5 Å². The van der Waals surface area contributed by atoms with Gasteiger partial charge < -0.3 is 14.7 Å². The Morgan fingerprint density at radius 2 is 2.02 bits per heavy atom. The van der Waals surface area contributed by atoms with Crippen molar-refractivity contribution in [1.82, 2.24) is 4.72 Å². The number of aliphatic hydroxyl groups excluding tert-OH is 1. The number of rotatable bonds is 11. The van der Waals surface area contributed by atoms with Gasteiger partial charge in [0, 0.05) is 30.5 Å². The van der Waals surface area contributed by atoms with E-state index in [-0.39, 0.29) is 30.7 Å². The van der Waals surface area contributed by atoms with Crippen molar-refractivity contribution in [3.8, 4) is 5.75 Å². The number of fused-ring (bicyclic) bond motifs is 3. The largest absolute Gasteiger partial charge is 0.490 e. The lowest BCUT2D eigenvalue weighted by atomic mass is 9.68. The van der Waals surface area contributed by atoms with Crippen LogP contribution in [0.25, 0.3) is 0 Å². The Hall–Kier alpha value is -2.81. The first-order valence-electron chi connectivity index (χ1n) is 15.4. The fourth-order valence-electron chi connectivity index (χ4n) is 7.18. The molecule has 0 aromatic heterocycles. The lowest BCUT2D eigenvalue weighted by Crippen LogP contribution is -2.49. The summed E-state index contributed by atoms with van der Waals surface area (Å²) in [5.74, 6) is 0.447. The fraction of sp³-hybridized carbons (Fsp3) is 0.500. The van der Waals surface area contributed by atoms with Gasteiger partial charge in [-0.1, -0.05) is 36.7 Å². The first kappa shape index (κ1) is 31.6. The van der Waals surface area contributed by atoms with Gasteiger partial charge in [-0.3, -0.25) is 4.79 Å². The maximum atomic E-state index is 13.3.